The van der Waals surface area contributed by atoms with Crippen LogP contribution in [0.2, 0.25) is 5.02 Å². The fourth-order valence-corrected chi connectivity index (χ4v) is 2.91. The second kappa shape index (κ2) is 5.76. The summed E-state index contributed by atoms with van der Waals surface area (Å²) in [5.41, 5.74) is 2.03. The highest BCUT2D eigenvalue weighted by molar-refractivity contribution is 6.33. The molecule has 1 N–H and O–H groups in total. The Labute approximate surface area is 117 Å². The molecule has 1 atom stereocenters. The van der Waals surface area contributed by atoms with Gasteiger partial charge in [0.05, 0.1) is 6.20 Å². The van der Waals surface area contributed by atoms with Crippen LogP contribution in [0, 0.1) is 5.92 Å². The predicted molar refractivity (Wildman–Crippen MR) is 76.2 cm³/mol. The zero-order valence-electron chi connectivity index (χ0n) is 10.7. The van der Waals surface area contributed by atoms with Gasteiger partial charge in [-0.1, -0.05) is 35.0 Å². The monoisotopic (exact) mass is 276 g/mol. The van der Waals surface area contributed by atoms with E-state index in [-0.39, 0.29) is 0 Å². The minimum atomic E-state index is 0.628. The Balaban J connectivity index is 1.84. The highest BCUT2D eigenvalue weighted by atomic mass is 35.5. The molecular weight excluding hydrogens is 260 g/mol. The Morgan fingerprint density at radius 3 is 3.00 bits per heavy atom. The lowest BCUT2D eigenvalue weighted by molar-refractivity contribution is 0.321. The first kappa shape index (κ1) is 12.7. The molecule has 3 nitrogen and oxygen atoms in total. The van der Waals surface area contributed by atoms with Crippen LogP contribution < -0.4 is 5.32 Å². The summed E-state index contributed by atoms with van der Waals surface area (Å²) < 4.78 is 5.44. The first-order valence-corrected chi connectivity index (χ1v) is 7.11. The van der Waals surface area contributed by atoms with Crippen molar-refractivity contribution in [2.75, 3.05) is 13.1 Å². The van der Waals surface area contributed by atoms with Crippen LogP contribution >= 0.6 is 11.6 Å². The average Bonchev–Trinajstić information content (AvgIpc) is 2.88. The van der Waals surface area contributed by atoms with Crippen molar-refractivity contribution in [3.63, 3.8) is 0 Å². The van der Waals surface area contributed by atoms with Gasteiger partial charge in [-0.2, -0.15) is 0 Å². The Kier molecular flexibility index (Phi) is 3.85. The molecular formula is C15H17ClN2O. The quantitative estimate of drug-likeness (QED) is 0.932. The van der Waals surface area contributed by atoms with Crippen LogP contribution in [0.4, 0.5) is 0 Å². The molecule has 0 amide bonds. The van der Waals surface area contributed by atoms with Gasteiger partial charge in [0.15, 0.2) is 0 Å². The summed E-state index contributed by atoms with van der Waals surface area (Å²) in [6, 6.07) is 7.83. The molecule has 0 radical (unpaired) electrons. The number of piperidine rings is 1. The zero-order chi connectivity index (χ0) is 13.1. The van der Waals surface area contributed by atoms with E-state index in [1.54, 1.807) is 6.20 Å². The maximum Gasteiger partial charge on any atom is 0.144 e. The van der Waals surface area contributed by atoms with E-state index in [4.69, 9.17) is 16.1 Å². The summed E-state index contributed by atoms with van der Waals surface area (Å²) in [6.45, 7) is 2.19. The molecule has 1 aliphatic heterocycles. The van der Waals surface area contributed by atoms with E-state index < -0.39 is 0 Å². The van der Waals surface area contributed by atoms with Gasteiger partial charge >= 0.3 is 0 Å². The fourth-order valence-electron chi connectivity index (χ4n) is 2.67. The third-order valence-electron chi connectivity index (χ3n) is 3.68. The summed E-state index contributed by atoms with van der Waals surface area (Å²) in [6.07, 6.45) is 5.18. The number of aromatic nitrogens is 1. The number of benzene rings is 1. The molecule has 0 spiro atoms. The summed E-state index contributed by atoms with van der Waals surface area (Å²) in [5.74, 6) is 1.57. The molecule has 0 saturated carbocycles. The minimum Gasteiger partial charge on any atom is -0.361 e. The number of nitrogens with one attached hydrogen (secondary N) is 1. The maximum atomic E-state index is 6.25. The first-order valence-electron chi connectivity index (χ1n) is 6.74. The number of halogens is 1. The van der Waals surface area contributed by atoms with Crippen molar-refractivity contribution < 1.29 is 4.52 Å². The lowest BCUT2D eigenvalue weighted by atomic mass is 9.93. The molecule has 0 bridgehead atoms. The van der Waals surface area contributed by atoms with Crippen LogP contribution in [0.5, 0.6) is 0 Å². The van der Waals surface area contributed by atoms with Crippen molar-refractivity contribution in [1.29, 1.82) is 0 Å². The van der Waals surface area contributed by atoms with Gasteiger partial charge in [0.2, 0.25) is 0 Å². The van der Waals surface area contributed by atoms with Crippen LogP contribution in [0.15, 0.2) is 35.0 Å². The van der Waals surface area contributed by atoms with Crippen molar-refractivity contribution >= 4 is 11.6 Å². The van der Waals surface area contributed by atoms with Crippen LogP contribution in [0.25, 0.3) is 11.1 Å². The SMILES string of the molecule is Clc1ccccc1-c1cnoc1CC1CCCNC1. The zero-order valence-corrected chi connectivity index (χ0v) is 11.5. The largest absolute Gasteiger partial charge is 0.361 e. The molecule has 100 valence electrons. The van der Waals surface area contributed by atoms with Crippen LogP contribution in [-0.2, 0) is 6.42 Å². The van der Waals surface area contributed by atoms with Gasteiger partial charge in [-0.3, -0.25) is 0 Å². The molecule has 2 aromatic rings. The van der Waals surface area contributed by atoms with Crippen molar-refractivity contribution in [1.82, 2.24) is 10.5 Å². The lowest BCUT2D eigenvalue weighted by Gasteiger charge is -2.21. The summed E-state index contributed by atoms with van der Waals surface area (Å²) in [4.78, 5) is 0. The Bertz CT molecular complexity index is 547. The Morgan fingerprint density at radius 1 is 1.32 bits per heavy atom. The maximum absolute atomic E-state index is 6.25. The Morgan fingerprint density at radius 2 is 2.21 bits per heavy atom. The highest BCUT2D eigenvalue weighted by Gasteiger charge is 2.19. The molecule has 19 heavy (non-hydrogen) atoms. The van der Waals surface area contributed by atoms with E-state index in [9.17, 15) is 0 Å². The molecule has 1 aromatic carbocycles. The normalized spacial score (nSPS) is 19.5. The smallest absolute Gasteiger partial charge is 0.144 e. The van der Waals surface area contributed by atoms with E-state index in [1.165, 1.54) is 12.8 Å². The molecule has 0 aliphatic carbocycles. The summed E-state index contributed by atoms with van der Waals surface area (Å²) in [7, 11) is 0. The molecule has 1 saturated heterocycles. The van der Waals surface area contributed by atoms with Gasteiger partial charge in [-0.15, -0.1) is 0 Å². The summed E-state index contributed by atoms with van der Waals surface area (Å²) in [5, 5.41) is 8.12. The van der Waals surface area contributed by atoms with Crippen molar-refractivity contribution in [2.45, 2.75) is 19.3 Å². The van der Waals surface area contributed by atoms with E-state index in [2.05, 4.69) is 10.5 Å². The van der Waals surface area contributed by atoms with Crippen molar-refractivity contribution in [2.24, 2.45) is 5.92 Å². The number of hydrogen-bond donors (Lipinski definition) is 1. The topological polar surface area (TPSA) is 38.1 Å². The van der Waals surface area contributed by atoms with E-state index in [0.29, 0.717) is 5.92 Å². The molecule has 4 heteroatoms. The first-order chi connectivity index (χ1) is 9.34. The predicted octanol–water partition coefficient (Wildman–Crippen LogP) is 3.54. The van der Waals surface area contributed by atoms with Crippen LogP contribution in [0.3, 0.4) is 0 Å². The van der Waals surface area contributed by atoms with E-state index in [0.717, 1.165) is 41.4 Å². The molecule has 3 rings (SSSR count). The lowest BCUT2D eigenvalue weighted by Crippen LogP contribution is -2.30. The Hall–Kier alpha value is -1.32. The van der Waals surface area contributed by atoms with Gasteiger partial charge in [0.1, 0.15) is 5.76 Å². The minimum absolute atomic E-state index is 0.628. The number of rotatable bonds is 3. The highest BCUT2D eigenvalue weighted by Crippen LogP contribution is 2.32. The average molecular weight is 277 g/mol. The van der Waals surface area contributed by atoms with Gasteiger partial charge in [-0.05, 0) is 37.9 Å². The van der Waals surface area contributed by atoms with E-state index >= 15 is 0 Å². The third kappa shape index (κ3) is 2.82. The molecule has 1 aromatic heterocycles. The van der Waals surface area contributed by atoms with Gasteiger partial charge in [0, 0.05) is 22.6 Å². The third-order valence-corrected chi connectivity index (χ3v) is 4.01. The number of hydrogen-bond acceptors (Lipinski definition) is 3. The van der Waals surface area contributed by atoms with Crippen LogP contribution in [0.1, 0.15) is 18.6 Å². The molecule has 2 heterocycles. The summed E-state index contributed by atoms with van der Waals surface area (Å²) >= 11 is 6.25. The number of nitrogens with zero attached hydrogens (tertiary/aromatic N) is 1. The van der Waals surface area contributed by atoms with Gasteiger partial charge < -0.3 is 9.84 Å². The second-order valence-corrected chi connectivity index (χ2v) is 5.47. The van der Waals surface area contributed by atoms with E-state index in [1.807, 2.05) is 24.3 Å². The van der Waals surface area contributed by atoms with Crippen LogP contribution in [-0.4, -0.2) is 18.2 Å². The van der Waals surface area contributed by atoms with Crippen molar-refractivity contribution in [3.8, 4) is 11.1 Å². The molecule has 1 aliphatic rings. The fraction of sp³-hybridized carbons (Fsp3) is 0.400. The standard InChI is InChI=1S/C15H17ClN2O/c16-14-6-2-1-5-12(14)13-10-18-19-15(13)8-11-4-3-7-17-9-11/h1-2,5-6,10-11,17H,3-4,7-9H2. The molecule has 1 unspecified atom stereocenters. The second-order valence-electron chi connectivity index (χ2n) is 5.06. The van der Waals surface area contributed by atoms with Gasteiger partial charge in [0.25, 0.3) is 0 Å². The molecule has 1 fully saturated rings. The van der Waals surface area contributed by atoms with Gasteiger partial charge in [-0.25, -0.2) is 0 Å². The van der Waals surface area contributed by atoms with Crippen molar-refractivity contribution in [3.05, 3.63) is 41.2 Å².